The molecule has 1 aromatic carbocycles. The number of halogens is 1. The molecule has 0 bridgehead atoms. The quantitative estimate of drug-likeness (QED) is 0.543. The zero-order valence-corrected chi connectivity index (χ0v) is 17.9. The van der Waals surface area contributed by atoms with Gasteiger partial charge in [0.15, 0.2) is 0 Å². The highest BCUT2D eigenvalue weighted by atomic mass is 35.5. The first-order valence-electron chi connectivity index (χ1n) is 9.44. The number of nitrogens with one attached hydrogen (secondary N) is 1. The van der Waals surface area contributed by atoms with Crippen LogP contribution in [0.15, 0.2) is 47.4 Å². The number of aromatic nitrogens is 2. The summed E-state index contributed by atoms with van der Waals surface area (Å²) in [5, 5.41) is 9.85. The Morgan fingerprint density at radius 1 is 1.33 bits per heavy atom. The standard InChI is InChI=1S/C21H21ClN4O3S/c1-26-17-14(6-9-24-19(17)29-12-21(30-23)7-8-21)10-16(20(26)28)18(27)25-11-13-2-4-15(22)5-3-13/h2-6,9-10H,7-8,11-12,23H2,1H3,(H,25,27). The average molecular weight is 445 g/mol. The van der Waals surface area contributed by atoms with Crippen molar-refractivity contribution >= 4 is 40.4 Å². The van der Waals surface area contributed by atoms with Crippen molar-refractivity contribution in [2.45, 2.75) is 24.1 Å². The first-order valence-corrected chi connectivity index (χ1v) is 10.7. The van der Waals surface area contributed by atoms with Crippen LogP contribution in [0.25, 0.3) is 10.9 Å². The number of carbonyl (C=O) groups excluding carboxylic acids is 1. The number of nitrogens with two attached hydrogens (primary N) is 1. The fourth-order valence-corrected chi connectivity index (χ4v) is 3.78. The van der Waals surface area contributed by atoms with Crippen molar-refractivity contribution in [1.82, 2.24) is 14.9 Å². The van der Waals surface area contributed by atoms with E-state index in [-0.39, 0.29) is 10.3 Å². The predicted molar refractivity (Wildman–Crippen MR) is 119 cm³/mol. The zero-order chi connectivity index (χ0) is 21.3. The summed E-state index contributed by atoms with van der Waals surface area (Å²) in [6.07, 6.45) is 3.60. The van der Waals surface area contributed by atoms with E-state index in [1.54, 1.807) is 37.5 Å². The van der Waals surface area contributed by atoms with Gasteiger partial charge in [0, 0.05) is 30.2 Å². The van der Waals surface area contributed by atoms with Gasteiger partial charge in [-0.3, -0.25) is 14.7 Å². The largest absolute Gasteiger partial charge is 0.475 e. The number of benzene rings is 1. The topological polar surface area (TPSA) is 99.2 Å². The molecule has 0 saturated heterocycles. The van der Waals surface area contributed by atoms with Gasteiger partial charge in [-0.1, -0.05) is 35.7 Å². The van der Waals surface area contributed by atoms with Crippen LogP contribution in [0, 0.1) is 0 Å². The van der Waals surface area contributed by atoms with E-state index in [0.717, 1.165) is 18.4 Å². The van der Waals surface area contributed by atoms with Crippen LogP contribution in [0.2, 0.25) is 5.02 Å². The molecule has 30 heavy (non-hydrogen) atoms. The predicted octanol–water partition coefficient (Wildman–Crippen LogP) is 3.04. The van der Waals surface area contributed by atoms with Gasteiger partial charge in [-0.15, -0.1) is 0 Å². The van der Waals surface area contributed by atoms with Crippen LogP contribution in [0.4, 0.5) is 0 Å². The van der Waals surface area contributed by atoms with Gasteiger partial charge < -0.3 is 14.6 Å². The van der Waals surface area contributed by atoms with Crippen molar-refractivity contribution in [2.24, 2.45) is 12.2 Å². The highest BCUT2D eigenvalue weighted by molar-refractivity contribution is 7.98. The van der Waals surface area contributed by atoms with E-state index in [9.17, 15) is 9.59 Å². The highest BCUT2D eigenvalue weighted by Gasteiger charge is 2.44. The van der Waals surface area contributed by atoms with Crippen LogP contribution < -0.4 is 20.8 Å². The second-order valence-electron chi connectivity index (χ2n) is 7.37. The Balaban J connectivity index is 1.58. The Kier molecular flexibility index (Phi) is 5.73. The Morgan fingerprint density at radius 2 is 2.07 bits per heavy atom. The summed E-state index contributed by atoms with van der Waals surface area (Å²) in [5.41, 5.74) is 1.09. The third-order valence-corrected chi connectivity index (χ3v) is 6.51. The molecule has 1 amide bonds. The van der Waals surface area contributed by atoms with Gasteiger partial charge in [-0.05, 0) is 42.7 Å². The molecule has 9 heteroatoms. The molecule has 4 rings (SSSR count). The molecule has 2 heterocycles. The highest BCUT2D eigenvalue weighted by Crippen LogP contribution is 2.46. The molecule has 3 aromatic rings. The molecule has 0 radical (unpaired) electrons. The maximum Gasteiger partial charge on any atom is 0.263 e. The fraction of sp³-hybridized carbons (Fsp3) is 0.286. The molecule has 0 atom stereocenters. The lowest BCUT2D eigenvalue weighted by Crippen LogP contribution is -2.32. The number of pyridine rings is 2. The first kappa shape index (κ1) is 20.7. The lowest BCUT2D eigenvalue weighted by Gasteiger charge is -2.16. The first-order chi connectivity index (χ1) is 14.4. The van der Waals surface area contributed by atoms with Crippen molar-refractivity contribution in [3.8, 4) is 5.88 Å². The molecule has 3 N–H and O–H groups in total. The lowest BCUT2D eigenvalue weighted by atomic mass is 10.1. The van der Waals surface area contributed by atoms with Crippen molar-refractivity contribution < 1.29 is 9.53 Å². The van der Waals surface area contributed by atoms with Crippen molar-refractivity contribution in [2.75, 3.05) is 6.61 Å². The Bertz CT molecular complexity index is 1160. The van der Waals surface area contributed by atoms with Crippen LogP contribution >= 0.6 is 23.5 Å². The summed E-state index contributed by atoms with van der Waals surface area (Å²) in [7, 11) is 1.61. The molecule has 0 unspecified atom stereocenters. The fourth-order valence-electron chi connectivity index (χ4n) is 3.19. The van der Waals surface area contributed by atoms with Gasteiger partial charge in [-0.25, -0.2) is 4.98 Å². The Morgan fingerprint density at radius 3 is 2.73 bits per heavy atom. The number of amides is 1. The number of rotatable bonds is 7. The number of ether oxygens (including phenoxy) is 1. The van der Waals surface area contributed by atoms with Crippen LogP contribution in [0.1, 0.15) is 28.8 Å². The maximum absolute atomic E-state index is 12.9. The van der Waals surface area contributed by atoms with Gasteiger partial charge in [0.2, 0.25) is 5.88 Å². The van der Waals surface area contributed by atoms with Crippen molar-refractivity contribution in [1.29, 1.82) is 0 Å². The third-order valence-electron chi connectivity index (χ3n) is 5.23. The molecule has 0 spiro atoms. The molecular weight excluding hydrogens is 424 g/mol. The van der Waals surface area contributed by atoms with Crippen LogP contribution in [0.3, 0.4) is 0 Å². The van der Waals surface area contributed by atoms with Gasteiger partial charge >= 0.3 is 0 Å². The minimum absolute atomic E-state index is 0.0623. The summed E-state index contributed by atoms with van der Waals surface area (Å²) in [6.45, 7) is 0.721. The zero-order valence-electron chi connectivity index (χ0n) is 16.4. The number of aryl methyl sites for hydroxylation is 1. The van der Waals surface area contributed by atoms with E-state index in [1.807, 2.05) is 12.1 Å². The van der Waals surface area contributed by atoms with Crippen molar-refractivity contribution in [3.05, 3.63) is 69.1 Å². The molecule has 1 fully saturated rings. The summed E-state index contributed by atoms with van der Waals surface area (Å²) in [6, 6.07) is 10.5. The third kappa shape index (κ3) is 4.16. The van der Waals surface area contributed by atoms with E-state index in [1.165, 1.54) is 16.5 Å². The maximum atomic E-state index is 12.9. The van der Waals surface area contributed by atoms with Gasteiger partial charge in [-0.2, -0.15) is 0 Å². The molecular formula is C21H21ClN4O3S. The summed E-state index contributed by atoms with van der Waals surface area (Å²) in [5.74, 6) is -0.0799. The lowest BCUT2D eigenvalue weighted by molar-refractivity contribution is 0.0949. The van der Waals surface area contributed by atoms with E-state index in [2.05, 4.69) is 10.3 Å². The van der Waals surface area contributed by atoms with Crippen LogP contribution in [-0.2, 0) is 13.6 Å². The molecule has 7 nitrogen and oxygen atoms in total. The molecule has 1 aliphatic rings. The van der Waals surface area contributed by atoms with Crippen LogP contribution in [0.5, 0.6) is 5.88 Å². The molecule has 1 aliphatic carbocycles. The number of hydrogen-bond donors (Lipinski definition) is 2. The number of carbonyl (C=O) groups is 1. The number of hydrogen-bond acceptors (Lipinski definition) is 6. The van der Waals surface area contributed by atoms with E-state index < -0.39 is 11.5 Å². The second kappa shape index (κ2) is 8.29. The van der Waals surface area contributed by atoms with Crippen molar-refractivity contribution in [3.63, 3.8) is 0 Å². The Hall–Kier alpha value is -2.55. The summed E-state index contributed by atoms with van der Waals surface area (Å²) < 4.78 is 7.25. The van der Waals surface area contributed by atoms with Crippen LogP contribution in [-0.4, -0.2) is 26.8 Å². The van der Waals surface area contributed by atoms with Gasteiger partial charge in [0.05, 0.1) is 4.75 Å². The van der Waals surface area contributed by atoms with E-state index >= 15 is 0 Å². The molecule has 0 aliphatic heterocycles. The monoisotopic (exact) mass is 444 g/mol. The van der Waals surface area contributed by atoms with E-state index in [4.69, 9.17) is 21.5 Å². The summed E-state index contributed by atoms with van der Waals surface area (Å²) in [4.78, 5) is 29.8. The van der Waals surface area contributed by atoms with Gasteiger partial charge in [0.25, 0.3) is 11.5 Å². The SMILES string of the molecule is Cn1c(=O)c(C(=O)NCc2ccc(Cl)cc2)cc2ccnc(OCC3(SN)CC3)c21. The summed E-state index contributed by atoms with van der Waals surface area (Å²) >= 11 is 7.18. The number of nitrogens with zero attached hydrogens (tertiary/aromatic N) is 2. The normalized spacial score (nSPS) is 14.5. The Labute approximate surface area is 182 Å². The molecule has 156 valence electrons. The average Bonchev–Trinajstić information content (AvgIpc) is 3.54. The number of fused-ring (bicyclic) bond motifs is 1. The smallest absolute Gasteiger partial charge is 0.263 e. The minimum Gasteiger partial charge on any atom is -0.475 e. The van der Waals surface area contributed by atoms with Gasteiger partial charge in [0.1, 0.15) is 17.7 Å². The van der Waals surface area contributed by atoms with E-state index in [0.29, 0.717) is 35.0 Å². The molecule has 1 saturated carbocycles. The minimum atomic E-state index is -0.441. The molecule has 2 aromatic heterocycles. The second-order valence-corrected chi connectivity index (χ2v) is 8.91.